The van der Waals surface area contributed by atoms with Crippen LogP contribution >= 0.6 is 11.6 Å². The quantitative estimate of drug-likeness (QED) is 0.418. The van der Waals surface area contributed by atoms with E-state index in [-0.39, 0.29) is 0 Å². The molecule has 156 valence electrons. The largest absolute Gasteiger partial charge is 0.297 e. The lowest BCUT2D eigenvalue weighted by Crippen LogP contribution is -2.32. The van der Waals surface area contributed by atoms with Gasteiger partial charge in [0, 0.05) is 41.0 Å². The van der Waals surface area contributed by atoms with Crippen LogP contribution in [0.2, 0.25) is 0 Å². The maximum atomic E-state index is 6.21. The highest BCUT2D eigenvalue weighted by Gasteiger charge is 2.25. The van der Waals surface area contributed by atoms with Crippen LogP contribution in [0.15, 0.2) is 66.6 Å². The molecule has 0 aromatic carbocycles. The average Bonchev–Trinajstić information content (AvgIpc) is 3.41. The molecule has 1 aliphatic rings. The number of pyridine rings is 1. The van der Waals surface area contributed by atoms with Crippen LogP contribution in [0, 0.1) is 0 Å². The summed E-state index contributed by atoms with van der Waals surface area (Å²) in [6.07, 6.45) is 16.3. The Hall–Kier alpha value is -2.70. The fraction of sp³-hybridized carbons (Fsp3) is 0.348. The van der Waals surface area contributed by atoms with Crippen molar-refractivity contribution in [2.75, 3.05) is 13.1 Å². The third-order valence-corrected chi connectivity index (χ3v) is 5.82. The van der Waals surface area contributed by atoms with Gasteiger partial charge in [0.05, 0.1) is 24.0 Å². The van der Waals surface area contributed by atoms with E-state index in [1.165, 1.54) is 16.8 Å². The Morgan fingerprint density at radius 2 is 2.13 bits per heavy atom. The summed E-state index contributed by atoms with van der Waals surface area (Å²) in [5.74, 6) is 0.467. The number of H-pyrrole nitrogens is 1. The first-order valence-electron chi connectivity index (χ1n) is 10.4. The minimum Gasteiger partial charge on any atom is -0.297 e. The van der Waals surface area contributed by atoms with Crippen molar-refractivity contribution in [3.05, 3.63) is 78.0 Å². The zero-order valence-electron chi connectivity index (χ0n) is 17.0. The molecular formula is C23H27ClN6. The van der Waals surface area contributed by atoms with Crippen LogP contribution in [0.4, 0.5) is 0 Å². The van der Waals surface area contributed by atoms with Gasteiger partial charge < -0.3 is 0 Å². The second-order valence-electron chi connectivity index (χ2n) is 7.61. The van der Waals surface area contributed by atoms with Crippen molar-refractivity contribution in [2.24, 2.45) is 0 Å². The summed E-state index contributed by atoms with van der Waals surface area (Å²) < 4.78 is 2.03. The number of nitrogens with zero attached hydrogens (tertiary/aromatic N) is 5. The van der Waals surface area contributed by atoms with Crippen LogP contribution in [0.5, 0.6) is 0 Å². The van der Waals surface area contributed by atoms with Gasteiger partial charge in [-0.3, -0.25) is 19.7 Å². The normalized spacial score (nSPS) is 16.6. The molecule has 0 atom stereocenters. The minimum absolute atomic E-state index is 0.467. The summed E-state index contributed by atoms with van der Waals surface area (Å²) in [6, 6.07) is 4.13. The number of likely N-dealkylation sites (tertiary alicyclic amines) is 1. The van der Waals surface area contributed by atoms with Crippen LogP contribution in [-0.2, 0) is 13.1 Å². The van der Waals surface area contributed by atoms with Gasteiger partial charge in [-0.15, -0.1) is 6.58 Å². The van der Waals surface area contributed by atoms with Crippen molar-refractivity contribution in [1.82, 2.24) is 29.9 Å². The number of nitrogens with one attached hydrogen (secondary N) is 1. The van der Waals surface area contributed by atoms with E-state index < -0.39 is 0 Å². The predicted octanol–water partition coefficient (Wildman–Crippen LogP) is 4.79. The van der Waals surface area contributed by atoms with Crippen LogP contribution in [0.25, 0.3) is 10.9 Å². The Balaban J connectivity index is 1.46. The number of aromatic amines is 1. The smallest absolute Gasteiger partial charge is 0.0872 e. The molecule has 0 saturated carbocycles. The van der Waals surface area contributed by atoms with Crippen molar-refractivity contribution in [2.45, 2.75) is 38.3 Å². The molecule has 0 unspecified atom stereocenters. The van der Waals surface area contributed by atoms with Crippen LogP contribution in [-0.4, -0.2) is 43.0 Å². The molecule has 7 heteroatoms. The molecule has 4 rings (SSSR count). The number of hydrogen-bond donors (Lipinski definition) is 1. The van der Waals surface area contributed by atoms with Crippen molar-refractivity contribution < 1.29 is 0 Å². The molecule has 0 radical (unpaired) electrons. The molecule has 4 heterocycles. The number of halogens is 1. The number of hydrogen-bond acceptors (Lipinski definition) is 4. The molecule has 6 nitrogen and oxygen atoms in total. The van der Waals surface area contributed by atoms with Gasteiger partial charge in [0.2, 0.25) is 0 Å². The maximum Gasteiger partial charge on any atom is 0.0872 e. The van der Waals surface area contributed by atoms with E-state index in [2.05, 4.69) is 32.7 Å². The average molecular weight is 423 g/mol. The first-order valence-corrected chi connectivity index (χ1v) is 10.8. The first kappa shape index (κ1) is 20.6. The SMILES string of the molecule is C=CC/C=C(Cl)\C=C/Cn1nc(C2CCN(Cc3ccn[nH]3)CC2)c2ccncc21. The van der Waals surface area contributed by atoms with E-state index in [4.69, 9.17) is 16.7 Å². The topological polar surface area (TPSA) is 62.6 Å². The highest BCUT2D eigenvalue weighted by atomic mass is 35.5. The van der Waals surface area contributed by atoms with Crippen LogP contribution in [0.3, 0.4) is 0 Å². The van der Waals surface area contributed by atoms with E-state index in [1.54, 1.807) is 0 Å². The van der Waals surface area contributed by atoms with Gasteiger partial charge in [0.1, 0.15) is 0 Å². The predicted molar refractivity (Wildman–Crippen MR) is 121 cm³/mol. The van der Waals surface area contributed by atoms with E-state index in [0.29, 0.717) is 17.5 Å². The molecule has 1 saturated heterocycles. The molecule has 1 aliphatic heterocycles. The van der Waals surface area contributed by atoms with E-state index >= 15 is 0 Å². The number of rotatable bonds is 8. The standard InChI is InChI=1S/C23H27ClN6/c1-2-3-5-19(24)6-4-13-30-22-16-25-11-8-21(22)23(28-30)18-9-14-29(15-10-18)17-20-7-12-26-27-20/h2,4-8,11-12,16,18H,1,3,9-10,13-15,17H2,(H,26,27)/b6-4-,19-5+. The Kier molecular flexibility index (Phi) is 6.77. The lowest BCUT2D eigenvalue weighted by Gasteiger charge is -2.30. The monoisotopic (exact) mass is 422 g/mol. The summed E-state index contributed by atoms with van der Waals surface area (Å²) >= 11 is 6.21. The van der Waals surface area contributed by atoms with Gasteiger partial charge >= 0.3 is 0 Å². The molecule has 1 fully saturated rings. The Bertz CT molecular complexity index is 1030. The highest BCUT2D eigenvalue weighted by Crippen LogP contribution is 2.32. The number of fused-ring (bicyclic) bond motifs is 1. The first-order chi connectivity index (χ1) is 14.7. The summed E-state index contributed by atoms with van der Waals surface area (Å²) in [7, 11) is 0. The van der Waals surface area contributed by atoms with Gasteiger partial charge in [0.15, 0.2) is 0 Å². The number of allylic oxidation sites excluding steroid dienone is 5. The summed E-state index contributed by atoms with van der Waals surface area (Å²) in [6.45, 7) is 7.43. The molecule has 0 spiro atoms. The fourth-order valence-electron chi connectivity index (χ4n) is 3.99. The van der Waals surface area contributed by atoms with Gasteiger partial charge in [-0.1, -0.05) is 29.8 Å². The van der Waals surface area contributed by atoms with E-state index in [9.17, 15) is 0 Å². The zero-order valence-corrected chi connectivity index (χ0v) is 17.8. The van der Waals surface area contributed by atoms with Crippen LogP contribution < -0.4 is 0 Å². The van der Waals surface area contributed by atoms with Gasteiger partial charge in [-0.2, -0.15) is 10.2 Å². The van der Waals surface area contributed by atoms with Crippen molar-refractivity contribution in [3.63, 3.8) is 0 Å². The molecule has 1 N–H and O–H groups in total. The molecular weight excluding hydrogens is 396 g/mol. The lowest BCUT2D eigenvalue weighted by atomic mass is 9.92. The maximum absolute atomic E-state index is 6.21. The summed E-state index contributed by atoms with van der Waals surface area (Å²) in [5.41, 5.74) is 3.43. The van der Waals surface area contributed by atoms with E-state index in [1.807, 2.05) is 53.6 Å². The molecule has 3 aromatic heterocycles. The summed E-state index contributed by atoms with van der Waals surface area (Å²) in [5, 5.41) is 14.0. The lowest BCUT2D eigenvalue weighted by molar-refractivity contribution is 0.201. The van der Waals surface area contributed by atoms with Crippen LogP contribution in [0.1, 0.15) is 36.6 Å². The van der Waals surface area contributed by atoms with Gasteiger partial charge in [0.25, 0.3) is 0 Å². The Morgan fingerprint density at radius 1 is 1.27 bits per heavy atom. The molecule has 0 bridgehead atoms. The summed E-state index contributed by atoms with van der Waals surface area (Å²) in [4.78, 5) is 6.80. The number of piperidine rings is 1. The molecule has 0 amide bonds. The highest BCUT2D eigenvalue weighted by molar-refractivity contribution is 6.31. The van der Waals surface area contributed by atoms with Crippen molar-refractivity contribution in [1.29, 1.82) is 0 Å². The third-order valence-electron chi connectivity index (χ3n) is 5.54. The van der Waals surface area contributed by atoms with Crippen molar-refractivity contribution in [3.8, 4) is 0 Å². The Labute approximate surface area is 181 Å². The van der Waals surface area contributed by atoms with Gasteiger partial charge in [-0.25, -0.2) is 0 Å². The number of aromatic nitrogens is 5. The van der Waals surface area contributed by atoms with E-state index in [0.717, 1.165) is 44.4 Å². The molecule has 3 aromatic rings. The van der Waals surface area contributed by atoms with Crippen molar-refractivity contribution >= 4 is 22.5 Å². The second kappa shape index (κ2) is 9.87. The zero-order chi connectivity index (χ0) is 20.8. The fourth-order valence-corrected chi connectivity index (χ4v) is 4.17. The minimum atomic E-state index is 0.467. The Morgan fingerprint density at radius 3 is 2.90 bits per heavy atom. The van der Waals surface area contributed by atoms with Gasteiger partial charge in [-0.05, 0) is 50.6 Å². The molecule has 0 aliphatic carbocycles. The molecule has 30 heavy (non-hydrogen) atoms. The second-order valence-corrected chi connectivity index (χ2v) is 8.04. The third kappa shape index (κ3) is 4.89.